The molecule has 3 atom stereocenters. The Bertz CT molecular complexity index is 354. The van der Waals surface area contributed by atoms with Gasteiger partial charge in [0, 0.05) is 26.3 Å². The number of amides is 1. The zero-order valence-corrected chi connectivity index (χ0v) is 13.3. The molecule has 0 aromatic carbocycles. The van der Waals surface area contributed by atoms with Crippen molar-refractivity contribution in [2.75, 3.05) is 20.3 Å². The van der Waals surface area contributed by atoms with Gasteiger partial charge in [0.05, 0.1) is 6.04 Å². The molecule has 1 amide bonds. The van der Waals surface area contributed by atoms with Gasteiger partial charge in [0.15, 0.2) is 0 Å². The molecule has 2 N–H and O–H groups in total. The number of carbonyl (C=O) groups is 1. The van der Waals surface area contributed by atoms with Crippen LogP contribution in [-0.4, -0.2) is 38.3 Å². The van der Waals surface area contributed by atoms with Crippen LogP contribution in [0.1, 0.15) is 57.8 Å². The van der Waals surface area contributed by atoms with Crippen LogP contribution in [0.3, 0.4) is 0 Å². The summed E-state index contributed by atoms with van der Waals surface area (Å²) in [5.74, 6) is 0.966. The van der Waals surface area contributed by atoms with E-state index >= 15 is 0 Å². The van der Waals surface area contributed by atoms with Crippen molar-refractivity contribution >= 4 is 5.91 Å². The van der Waals surface area contributed by atoms with Crippen molar-refractivity contribution in [3.8, 4) is 0 Å². The summed E-state index contributed by atoms with van der Waals surface area (Å²) in [6, 6.07) is 0.651. The van der Waals surface area contributed by atoms with Crippen LogP contribution in [0.5, 0.6) is 0 Å². The second-order valence-electron chi connectivity index (χ2n) is 7.42. The normalized spacial score (nSPS) is 34.0. The molecule has 4 heteroatoms. The lowest BCUT2D eigenvalue weighted by atomic mass is 9.66. The number of nitrogens with one attached hydrogen (secondary N) is 2. The summed E-state index contributed by atoms with van der Waals surface area (Å²) in [5, 5.41) is 6.80. The van der Waals surface area contributed by atoms with Crippen LogP contribution in [0.2, 0.25) is 0 Å². The average molecular weight is 294 g/mol. The van der Waals surface area contributed by atoms with E-state index in [2.05, 4.69) is 10.6 Å². The second kappa shape index (κ2) is 6.66. The fraction of sp³-hybridized carbons (Fsp3) is 0.941. The third-order valence-corrected chi connectivity index (χ3v) is 6.07. The lowest BCUT2D eigenvalue weighted by Crippen LogP contribution is -2.48. The van der Waals surface area contributed by atoms with E-state index < -0.39 is 0 Å². The molecule has 3 aliphatic rings. The van der Waals surface area contributed by atoms with Gasteiger partial charge in [-0.15, -0.1) is 0 Å². The van der Waals surface area contributed by atoms with Crippen molar-refractivity contribution in [3.05, 3.63) is 0 Å². The molecule has 2 aliphatic carbocycles. The molecule has 1 heterocycles. The van der Waals surface area contributed by atoms with Gasteiger partial charge >= 0.3 is 0 Å². The summed E-state index contributed by atoms with van der Waals surface area (Å²) in [4.78, 5) is 12.4. The van der Waals surface area contributed by atoms with Gasteiger partial charge in [0.1, 0.15) is 0 Å². The van der Waals surface area contributed by atoms with Crippen molar-refractivity contribution in [1.29, 1.82) is 0 Å². The molecule has 2 saturated carbocycles. The Morgan fingerprint density at radius 1 is 1.29 bits per heavy atom. The van der Waals surface area contributed by atoms with E-state index in [4.69, 9.17) is 4.74 Å². The molecule has 0 aromatic rings. The summed E-state index contributed by atoms with van der Waals surface area (Å²) in [6.07, 6.45) is 11.1. The highest BCUT2D eigenvalue weighted by Crippen LogP contribution is 2.43. The Kier molecular flexibility index (Phi) is 4.85. The van der Waals surface area contributed by atoms with Gasteiger partial charge in [-0.05, 0) is 49.9 Å². The molecule has 3 fully saturated rings. The van der Waals surface area contributed by atoms with Crippen LogP contribution in [0.4, 0.5) is 0 Å². The highest BCUT2D eigenvalue weighted by Gasteiger charge is 2.40. The molecule has 21 heavy (non-hydrogen) atoms. The first-order valence-corrected chi connectivity index (χ1v) is 8.75. The minimum Gasteiger partial charge on any atom is -0.385 e. The van der Waals surface area contributed by atoms with E-state index in [9.17, 15) is 4.79 Å². The van der Waals surface area contributed by atoms with Crippen molar-refractivity contribution in [1.82, 2.24) is 10.6 Å². The van der Waals surface area contributed by atoms with Gasteiger partial charge in [-0.2, -0.15) is 0 Å². The van der Waals surface area contributed by atoms with E-state index in [1.54, 1.807) is 7.11 Å². The third kappa shape index (κ3) is 3.42. The lowest BCUT2D eigenvalue weighted by Gasteiger charge is -2.42. The molecule has 0 radical (unpaired) electrons. The van der Waals surface area contributed by atoms with Gasteiger partial charge in [-0.1, -0.05) is 19.3 Å². The molecule has 1 aliphatic heterocycles. The Hall–Kier alpha value is -0.610. The van der Waals surface area contributed by atoms with Crippen molar-refractivity contribution in [2.24, 2.45) is 11.3 Å². The Morgan fingerprint density at radius 3 is 2.76 bits per heavy atom. The topological polar surface area (TPSA) is 50.4 Å². The maximum absolute atomic E-state index is 12.4. The molecule has 3 rings (SSSR count). The van der Waals surface area contributed by atoms with Crippen LogP contribution in [0.15, 0.2) is 0 Å². The minimum atomic E-state index is 0.0534. The Labute approximate surface area is 128 Å². The molecule has 0 aromatic heterocycles. The first kappa shape index (κ1) is 15.3. The zero-order chi connectivity index (χ0) is 14.7. The summed E-state index contributed by atoms with van der Waals surface area (Å²) in [7, 11) is 1.76. The molecular weight excluding hydrogens is 264 g/mol. The number of carbonyl (C=O) groups excluding carboxylic acids is 1. The van der Waals surface area contributed by atoms with E-state index in [-0.39, 0.29) is 11.9 Å². The molecule has 3 unspecified atom stereocenters. The maximum Gasteiger partial charge on any atom is 0.237 e. The van der Waals surface area contributed by atoms with Gasteiger partial charge < -0.3 is 15.4 Å². The van der Waals surface area contributed by atoms with E-state index in [1.165, 1.54) is 44.9 Å². The predicted molar refractivity (Wildman–Crippen MR) is 83.1 cm³/mol. The quantitative estimate of drug-likeness (QED) is 0.790. The minimum absolute atomic E-state index is 0.0534. The molecular formula is C17H30N2O2. The first-order valence-electron chi connectivity index (χ1n) is 8.75. The van der Waals surface area contributed by atoms with Crippen LogP contribution >= 0.6 is 0 Å². The number of methoxy groups -OCH3 is 1. The van der Waals surface area contributed by atoms with Crippen LogP contribution in [-0.2, 0) is 9.53 Å². The highest BCUT2D eigenvalue weighted by molar-refractivity contribution is 5.82. The summed E-state index contributed by atoms with van der Waals surface area (Å²) in [6.45, 7) is 1.64. The number of fused-ring (bicyclic) bond motifs is 1. The number of rotatable bonds is 6. The van der Waals surface area contributed by atoms with Crippen molar-refractivity contribution in [3.63, 3.8) is 0 Å². The van der Waals surface area contributed by atoms with Crippen molar-refractivity contribution in [2.45, 2.75) is 69.9 Å². The van der Waals surface area contributed by atoms with E-state index in [1.807, 2.05) is 0 Å². The monoisotopic (exact) mass is 294 g/mol. The Morgan fingerprint density at radius 2 is 2.10 bits per heavy atom. The predicted octanol–water partition coefficient (Wildman–Crippen LogP) is 2.23. The molecule has 4 nitrogen and oxygen atoms in total. The summed E-state index contributed by atoms with van der Waals surface area (Å²) >= 11 is 0. The average Bonchev–Trinajstić information content (AvgIpc) is 2.89. The van der Waals surface area contributed by atoms with E-state index in [0.29, 0.717) is 11.5 Å². The SMILES string of the molecule is COCCC1(CNC(=O)C2CC3CCCCC3N2)CCC1. The highest BCUT2D eigenvalue weighted by atomic mass is 16.5. The molecule has 120 valence electrons. The smallest absolute Gasteiger partial charge is 0.237 e. The summed E-state index contributed by atoms with van der Waals surface area (Å²) in [5.41, 5.74) is 0.317. The standard InChI is InChI=1S/C17H30N2O2/c1-21-10-9-17(7-4-8-17)12-18-16(20)15-11-13-5-2-3-6-14(13)19-15/h13-15,19H,2-12H2,1H3,(H,18,20). The van der Waals surface area contributed by atoms with Gasteiger partial charge in [0.2, 0.25) is 5.91 Å². The fourth-order valence-electron chi connectivity index (χ4n) is 4.43. The number of ether oxygens (including phenoxy) is 1. The largest absolute Gasteiger partial charge is 0.385 e. The number of hydrogen-bond acceptors (Lipinski definition) is 3. The number of hydrogen-bond donors (Lipinski definition) is 2. The van der Waals surface area contributed by atoms with E-state index in [0.717, 1.165) is 31.9 Å². The van der Waals surface area contributed by atoms with Crippen LogP contribution in [0, 0.1) is 11.3 Å². The Balaban J connectivity index is 1.46. The molecule has 1 saturated heterocycles. The van der Waals surface area contributed by atoms with Crippen LogP contribution < -0.4 is 10.6 Å². The van der Waals surface area contributed by atoms with Crippen molar-refractivity contribution < 1.29 is 9.53 Å². The summed E-state index contributed by atoms with van der Waals surface area (Å²) < 4.78 is 5.22. The maximum atomic E-state index is 12.4. The van der Waals surface area contributed by atoms with Crippen LogP contribution in [0.25, 0.3) is 0 Å². The molecule has 0 spiro atoms. The molecule has 0 bridgehead atoms. The first-order chi connectivity index (χ1) is 10.2. The van der Waals surface area contributed by atoms with Gasteiger partial charge in [-0.25, -0.2) is 0 Å². The fourth-order valence-corrected chi connectivity index (χ4v) is 4.43. The van der Waals surface area contributed by atoms with Gasteiger partial charge in [-0.3, -0.25) is 4.79 Å². The van der Waals surface area contributed by atoms with Gasteiger partial charge in [0.25, 0.3) is 0 Å². The lowest BCUT2D eigenvalue weighted by molar-refractivity contribution is -0.123. The second-order valence-corrected chi connectivity index (χ2v) is 7.42. The third-order valence-electron chi connectivity index (χ3n) is 6.07. The zero-order valence-electron chi connectivity index (χ0n) is 13.3.